The highest BCUT2D eigenvalue weighted by molar-refractivity contribution is 7.90. The average molecular weight is 468 g/mol. The number of carbonyl (C=O) groups is 1. The second kappa shape index (κ2) is 7.65. The number of fused-ring (bicyclic) bond motifs is 2. The Balaban J connectivity index is 1.89. The van der Waals surface area contributed by atoms with Crippen LogP contribution in [-0.4, -0.2) is 28.5 Å². The average Bonchev–Trinajstić information content (AvgIpc) is 3.30. The van der Waals surface area contributed by atoms with Crippen LogP contribution in [0.1, 0.15) is 24.1 Å². The number of aromatic nitrogens is 2. The van der Waals surface area contributed by atoms with E-state index in [0.29, 0.717) is 5.52 Å². The SMILES string of the molecule is O=C(O)CCCc1cc2cc(C(F)(F)F)ccc2n1S(=O)(=O)c1ccc2scnc2c1. The molecular weight excluding hydrogens is 453 g/mol. The van der Waals surface area contributed by atoms with E-state index >= 15 is 0 Å². The first-order chi connectivity index (χ1) is 14.6. The maximum absolute atomic E-state index is 13.5. The van der Waals surface area contributed by atoms with Crippen LogP contribution in [0.25, 0.3) is 21.1 Å². The van der Waals surface area contributed by atoms with Crippen molar-refractivity contribution in [3.8, 4) is 0 Å². The molecule has 0 unspecified atom stereocenters. The van der Waals surface area contributed by atoms with Gasteiger partial charge in [-0.25, -0.2) is 17.4 Å². The zero-order chi connectivity index (χ0) is 22.4. The van der Waals surface area contributed by atoms with Crippen LogP contribution in [0.2, 0.25) is 0 Å². The van der Waals surface area contributed by atoms with Crippen LogP contribution in [0.15, 0.2) is 52.9 Å². The summed E-state index contributed by atoms with van der Waals surface area (Å²) in [5.74, 6) is -1.04. The Morgan fingerprint density at radius 2 is 1.90 bits per heavy atom. The molecule has 1 N–H and O–H groups in total. The molecule has 0 atom stereocenters. The van der Waals surface area contributed by atoms with Gasteiger partial charge in [0.1, 0.15) is 0 Å². The van der Waals surface area contributed by atoms with Crippen molar-refractivity contribution in [2.24, 2.45) is 0 Å². The first-order valence-corrected chi connectivity index (χ1v) is 11.4. The van der Waals surface area contributed by atoms with E-state index in [2.05, 4.69) is 4.98 Å². The minimum Gasteiger partial charge on any atom is -0.481 e. The number of rotatable bonds is 6. The summed E-state index contributed by atoms with van der Waals surface area (Å²) in [7, 11) is -4.17. The molecular formula is C20H15F3N2O4S2. The van der Waals surface area contributed by atoms with Gasteiger partial charge in [-0.1, -0.05) is 0 Å². The molecule has 2 heterocycles. The molecule has 162 valence electrons. The zero-order valence-corrected chi connectivity index (χ0v) is 17.4. The molecule has 0 aliphatic carbocycles. The number of carboxylic acid groups (broad SMARTS) is 1. The minimum absolute atomic E-state index is 0.0530. The van der Waals surface area contributed by atoms with E-state index < -0.39 is 27.7 Å². The molecule has 2 aromatic heterocycles. The maximum atomic E-state index is 13.5. The lowest BCUT2D eigenvalue weighted by molar-refractivity contribution is -0.138. The molecule has 0 fully saturated rings. The summed E-state index contributed by atoms with van der Waals surface area (Å²) in [5, 5.41) is 9.00. The summed E-state index contributed by atoms with van der Waals surface area (Å²) < 4.78 is 68.2. The smallest absolute Gasteiger partial charge is 0.416 e. The third kappa shape index (κ3) is 4.02. The van der Waals surface area contributed by atoms with Crippen LogP contribution in [0.3, 0.4) is 0 Å². The van der Waals surface area contributed by atoms with Gasteiger partial charge in [0, 0.05) is 17.5 Å². The van der Waals surface area contributed by atoms with Crippen LogP contribution in [0, 0.1) is 0 Å². The molecule has 0 aliphatic rings. The standard InChI is InChI=1S/C20H15F3N2O4S2/c21-20(22,23)13-4-6-17-12(8-13)9-14(2-1-3-19(26)27)25(17)31(28,29)15-5-7-18-16(10-15)24-11-30-18/h4-11H,1-3H2,(H,26,27). The van der Waals surface area contributed by atoms with Gasteiger partial charge in [-0.3, -0.25) is 4.79 Å². The molecule has 0 amide bonds. The Kier molecular flexibility index (Phi) is 5.26. The molecule has 0 spiro atoms. The normalized spacial score (nSPS) is 12.6. The predicted molar refractivity (Wildman–Crippen MR) is 110 cm³/mol. The van der Waals surface area contributed by atoms with E-state index in [4.69, 9.17) is 5.11 Å². The Morgan fingerprint density at radius 3 is 2.61 bits per heavy atom. The van der Waals surface area contributed by atoms with E-state index in [1.165, 1.54) is 29.5 Å². The molecule has 2 aromatic carbocycles. The van der Waals surface area contributed by atoms with Crippen molar-refractivity contribution in [2.45, 2.75) is 30.3 Å². The summed E-state index contributed by atoms with van der Waals surface area (Å²) in [6.07, 6.45) is -4.56. The number of nitrogens with zero attached hydrogens (tertiary/aromatic N) is 2. The fourth-order valence-electron chi connectivity index (χ4n) is 3.41. The molecule has 0 saturated carbocycles. The molecule has 0 radical (unpaired) electrons. The summed E-state index contributed by atoms with van der Waals surface area (Å²) in [4.78, 5) is 14.9. The largest absolute Gasteiger partial charge is 0.481 e. The van der Waals surface area contributed by atoms with E-state index in [-0.39, 0.29) is 40.8 Å². The third-order valence-corrected chi connectivity index (χ3v) is 7.39. The lowest BCUT2D eigenvalue weighted by Gasteiger charge is -2.13. The monoisotopic (exact) mass is 468 g/mol. The van der Waals surface area contributed by atoms with Crippen LogP contribution < -0.4 is 0 Å². The van der Waals surface area contributed by atoms with Gasteiger partial charge < -0.3 is 5.11 Å². The van der Waals surface area contributed by atoms with Crippen molar-refractivity contribution >= 4 is 48.4 Å². The van der Waals surface area contributed by atoms with Crippen LogP contribution >= 0.6 is 11.3 Å². The van der Waals surface area contributed by atoms with Gasteiger partial charge in [0.2, 0.25) is 0 Å². The Hall–Kier alpha value is -2.92. The van der Waals surface area contributed by atoms with Gasteiger partial charge >= 0.3 is 12.1 Å². The first-order valence-electron chi connectivity index (χ1n) is 9.09. The number of benzene rings is 2. The number of alkyl halides is 3. The highest BCUT2D eigenvalue weighted by Crippen LogP contribution is 2.34. The second-order valence-corrected chi connectivity index (χ2v) is 9.58. The van der Waals surface area contributed by atoms with Gasteiger partial charge in [0.15, 0.2) is 0 Å². The van der Waals surface area contributed by atoms with E-state index in [0.717, 1.165) is 26.9 Å². The molecule has 31 heavy (non-hydrogen) atoms. The summed E-state index contributed by atoms with van der Waals surface area (Å²) in [6.45, 7) is 0. The lowest BCUT2D eigenvalue weighted by Crippen LogP contribution is -2.16. The zero-order valence-electron chi connectivity index (χ0n) is 15.8. The van der Waals surface area contributed by atoms with Gasteiger partial charge in [-0.05, 0) is 55.3 Å². The fourth-order valence-corrected chi connectivity index (χ4v) is 5.65. The molecule has 0 bridgehead atoms. The van der Waals surface area contributed by atoms with Crippen LogP contribution in [-0.2, 0) is 27.4 Å². The topological polar surface area (TPSA) is 89.3 Å². The number of aliphatic carboxylic acids is 1. The Bertz CT molecular complexity index is 1410. The van der Waals surface area contributed by atoms with Gasteiger partial charge in [-0.15, -0.1) is 11.3 Å². The lowest BCUT2D eigenvalue weighted by atomic mass is 10.1. The number of halogens is 3. The number of aryl methyl sites for hydroxylation is 1. The Labute approximate surface area is 178 Å². The molecule has 0 aliphatic heterocycles. The van der Waals surface area contributed by atoms with Crippen molar-refractivity contribution in [2.75, 3.05) is 0 Å². The van der Waals surface area contributed by atoms with Gasteiger partial charge in [0.05, 0.1) is 31.7 Å². The van der Waals surface area contributed by atoms with Crippen molar-refractivity contribution in [1.82, 2.24) is 8.96 Å². The van der Waals surface area contributed by atoms with Gasteiger partial charge in [0.25, 0.3) is 10.0 Å². The quantitative estimate of drug-likeness (QED) is 0.434. The number of hydrogen-bond donors (Lipinski definition) is 1. The van der Waals surface area contributed by atoms with Crippen molar-refractivity contribution in [3.63, 3.8) is 0 Å². The van der Waals surface area contributed by atoms with Crippen molar-refractivity contribution in [3.05, 3.63) is 59.2 Å². The van der Waals surface area contributed by atoms with E-state index in [1.807, 2.05) is 0 Å². The highest BCUT2D eigenvalue weighted by atomic mass is 32.2. The van der Waals surface area contributed by atoms with E-state index in [9.17, 15) is 26.4 Å². The van der Waals surface area contributed by atoms with Crippen molar-refractivity contribution < 1.29 is 31.5 Å². The number of hydrogen-bond acceptors (Lipinski definition) is 5. The summed E-state index contributed by atoms with van der Waals surface area (Å²) in [6, 6.07) is 8.68. The summed E-state index contributed by atoms with van der Waals surface area (Å²) in [5.41, 5.74) is 1.50. The van der Waals surface area contributed by atoms with Gasteiger partial charge in [-0.2, -0.15) is 13.2 Å². The minimum atomic E-state index is -4.58. The van der Waals surface area contributed by atoms with E-state index in [1.54, 1.807) is 11.6 Å². The molecule has 0 saturated heterocycles. The van der Waals surface area contributed by atoms with Crippen LogP contribution in [0.5, 0.6) is 0 Å². The fraction of sp³-hybridized carbons (Fsp3) is 0.200. The summed E-state index contributed by atoms with van der Waals surface area (Å²) >= 11 is 1.35. The molecule has 4 aromatic rings. The number of carboxylic acids is 1. The number of thiazole rings is 1. The maximum Gasteiger partial charge on any atom is 0.416 e. The first kappa shape index (κ1) is 21.3. The third-order valence-electron chi connectivity index (χ3n) is 4.82. The van der Waals surface area contributed by atoms with Crippen LogP contribution in [0.4, 0.5) is 13.2 Å². The predicted octanol–water partition coefficient (Wildman–Crippen LogP) is 4.91. The van der Waals surface area contributed by atoms with Crippen molar-refractivity contribution in [1.29, 1.82) is 0 Å². The second-order valence-electron chi connectivity index (χ2n) is 6.91. The molecule has 11 heteroatoms. The Morgan fingerprint density at radius 1 is 1.13 bits per heavy atom. The molecule has 6 nitrogen and oxygen atoms in total. The molecule has 4 rings (SSSR count). The highest BCUT2D eigenvalue weighted by Gasteiger charge is 2.32.